The van der Waals surface area contributed by atoms with Crippen molar-refractivity contribution < 1.29 is 4.52 Å². The Balaban J connectivity index is 1.64. The van der Waals surface area contributed by atoms with E-state index in [4.69, 9.17) is 10.3 Å². The Bertz CT molecular complexity index is 588. The second kappa shape index (κ2) is 6.28. The molecule has 0 saturated heterocycles. The van der Waals surface area contributed by atoms with Crippen LogP contribution in [0.5, 0.6) is 0 Å². The summed E-state index contributed by atoms with van der Waals surface area (Å²) in [5.74, 6) is 1.40. The van der Waals surface area contributed by atoms with Crippen molar-refractivity contribution in [3.63, 3.8) is 0 Å². The Morgan fingerprint density at radius 3 is 2.57 bits per heavy atom. The van der Waals surface area contributed by atoms with Crippen LogP contribution in [0.15, 0.2) is 33.3 Å². The van der Waals surface area contributed by atoms with Crippen LogP contribution in [0.1, 0.15) is 49.4 Å². The van der Waals surface area contributed by atoms with E-state index in [1.54, 1.807) is 0 Å². The average Bonchev–Trinajstić information content (AvgIpc) is 2.88. The van der Waals surface area contributed by atoms with Crippen molar-refractivity contribution in [1.29, 1.82) is 0 Å². The molecule has 1 aliphatic carbocycles. The van der Waals surface area contributed by atoms with Crippen molar-refractivity contribution >= 4 is 15.9 Å². The van der Waals surface area contributed by atoms with Gasteiger partial charge in [0.2, 0.25) is 5.89 Å². The minimum atomic E-state index is -0.153. The molecule has 3 rings (SSSR count). The van der Waals surface area contributed by atoms with E-state index in [9.17, 15) is 0 Å². The largest absolute Gasteiger partial charge is 0.339 e. The zero-order chi connectivity index (χ0) is 14.7. The first-order valence-electron chi connectivity index (χ1n) is 7.48. The first kappa shape index (κ1) is 14.7. The molecule has 0 aliphatic heterocycles. The van der Waals surface area contributed by atoms with Gasteiger partial charge in [0.1, 0.15) is 0 Å². The standard InChI is InChI=1S/C16H20BrN3O/c17-13-6-4-12(5-7-13)10-14-19-15(21-20-14)11-16(18)8-2-1-3-9-16/h4-7H,1-3,8-11,18H2. The molecule has 1 aliphatic rings. The van der Waals surface area contributed by atoms with Crippen molar-refractivity contribution in [3.8, 4) is 0 Å². The van der Waals surface area contributed by atoms with Gasteiger partial charge < -0.3 is 10.3 Å². The van der Waals surface area contributed by atoms with E-state index in [1.807, 2.05) is 12.1 Å². The quantitative estimate of drug-likeness (QED) is 0.915. The van der Waals surface area contributed by atoms with Crippen LogP contribution >= 0.6 is 15.9 Å². The number of nitrogens with zero attached hydrogens (tertiary/aromatic N) is 2. The molecule has 1 aromatic heterocycles. The number of halogens is 1. The predicted octanol–water partition coefficient (Wildman–Crippen LogP) is 3.63. The van der Waals surface area contributed by atoms with Gasteiger partial charge in [0.05, 0.1) is 0 Å². The minimum absolute atomic E-state index is 0.153. The number of hydrogen-bond donors (Lipinski definition) is 1. The number of hydrogen-bond acceptors (Lipinski definition) is 4. The van der Waals surface area contributed by atoms with E-state index in [0.717, 1.165) is 23.1 Å². The molecule has 0 unspecified atom stereocenters. The summed E-state index contributed by atoms with van der Waals surface area (Å²) >= 11 is 3.43. The fourth-order valence-electron chi connectivity index (χ4n) is 2.95. The Labute approximate surface area is 133 Å². The molecule has 2 N–H and O–H groups in total. The van der Waals surface area contributed by atoms with Gasteiger partial charge in [-0.05, 0) is 30.5 Å². The van der Waals surface area contributed by atoms with E-state index in [0.29, 0.717) is 18.7 Å². The lowest BCUT2D eigenvalue weighted by atomic mass is 9.80. The predicted molar refractivity (Wildman–Crippen MR) is 85.0 cm³/mol. The number of rotatable bonds is 4. The lowest BCUT2D eigenvalue weighted by Gasteiger charge is -2.31. The molecule has 5 heteroatoms. The van der Waals surface area contributed by atoms with Crippen LogP contribution in [-0.4, -0.2) is 15.7 Å². The molecule has 4 nitrogen and oxygen atoms in total. The monoisotopic (exact) mass is 349 g/mol. The van der Waals surface area contributed by atoms with Crippen LogP contribution in [0, 0.1) is 0 Å². The van der Waals surface area contributed by atoms with Gasteiger partial charge in [-0.1, -0.05) is 52.5 Å². The Morgan fingerprint density at radius 2 is 1.86 bits per heavy atom. The summed E-state index contributed by atoms with van der Waals surface area (Å²) in [7, 11) is 0. The normalized spacial score (nSPS) is 17.8. The maximum Gasteiger partial charge on any atom is 0.228 e. The van der Waals surface area contributed by atoms with Crippen LogP contribution in [0.2, 0.25) is 0 Å². The van der Waals surface area contributed by atoms with Gasteiger partial charge in [-0.2, -0.15) is 4.98 Å². The highest BCUT2D eigenvalue weighted by Gasteiger charge is 2.29. The van der Waals surface area contributed by atoms with Crippen molar-refractivity contribution in [2.24, 2.45) is 5.73 Å². The Morgan fingerprint density at radius 1 is 1.14 bits per heavy atom. The van der Waals surface area contributed by atoms with Gasteiger partial charge >= 0.3 is 0 Å². The zero-order valence-electron chi connectivity index (χ0n) is 12.0. The highest BCUT2D eigenvalue weighted by Crippen LogP contribution is 2.28. The summed E-state index contributed by atoms with van der Waals surface area (Å²) in [6.07, 6.45) is 7.19. The SMILES string of the molecule is NC1(Cc2nc(Cc3ccc(Br)cc3)no2)CCCCC1. The van der Waals surface area contributed by atoms with Gasteiger partial charge in [0, 0.05) is 22.9 Å². The molecular formula is C16H20BrN3O. The topological polar surface area (TPSA) is 64.9 Å². The fourth-order valence-corrected chi connectivity index (χ4v) is 3.22. The van der Waals surface area contributed by atoms with Crippen LogP contribution in [-0.2, 0) is 12.8 Å². The molecule has 1 saturated carbocycles. The number of benzene rings is 1. The average molecular weight is 350 g/mol. The molecule has 0 bridgehead atoms. The van der Waals surface area contributed by atoms with Crippen molar-refractivity contribution in [1.82, 2.24) is 10.1 Å². The molecule has 0 radical (unpaired) electrons. The number of nitrogens with two attached hydrogens (primary N) is 1. The molecule has 2 aromatic rings. The van der Waals surface area contributed by atoms with Crippen molar-refractivity contribution in [2.45, 2.75) is 50.5 Å². The molecule has 1 aromatic carbocycles. The molecular weight excluding hydrogens is 330 g/mol. The summed E-state index contributed by atoms with van der Waals surface area (Å²) in [5.41, 5.74) is 7.46. The maximum absolute atomic E-state index is 6.44. The summed E-state index contributed by atoms with van der Waals surface area (Å²) in [6, 6.07) is 8.16. The molecule has 0 atom stereocenters. The van der Waals surface area contributed by atoms with E-state index in [-0.39, 0.29) is 5.54 Å². The third kappa shape index (κ3) is 3.92. The second-order valence-electron chi connectivity index (χ2n) is 6.01. The van der Waals surface area contributed by atoms with Gasteiger partial charge in [0.15, 0.2) is 5.82 Å². The molecule has 0 spiro atoms. The Kier molecular flexibility index (Phi) is 4.40. The van der Waals surface area contributed by atoms with Crippen LogP contribution in [0.4, 0.5) is 0 Å². The summed E-state index contributed by atoms with van der Waals surface area (Å²) in [6.45, 7) is 0. The third-order valence-electron chi connectivity index (χ3n) is 4.14. The lowest BCUT2D eigenvalue weighted by molar-refractivity contribution is 0.260. The van der Waals surface area contributed by atoms with Gasteiger partial charge in [-0.15, -0.1) is 0 Å². The van der Waals surface area contributed by atoms with Gasteiger partial charge in [-0.25, -0.2) is 0 Å². The summed E-state index contributed by atoms with van der Waals surface area (Å²) in [4.78, 5) is 4.50. The molecule has 1 heterocycles. The first-order valence-corrected chi connectivity index (χ1v) is 8.27. The summed E-state index contributed by atoms with van der Waals surface area (Å²) in [5, 5.41) is 4.08. The molecule has 0 amide bonds. The van der Waals surface area contributed by atoms with E-state index < -0.39 is 0 Å². The van der Waals surface area contributed by atoms with Crippen molar-refractivity contribution in [2.75, 3.05) is 0 Å². The molecule has 1 fully saturated rings. The van der Waals surface area contributed by atoms with E-state index >= 15 is 0 Å². The lowest BCUT2D eigenvalue weighted by Crippen LogP contribution is -2.43. The maximum atomic E-state index is 6.44. The zero-order valence-corrected chi connectivity index (χ0v) is 13.6. The van der Waals surface area contributed by atoms with Gasteiger partial charge in [-0.3, -0.25) is 0 Å². The number of aromatic nitrogens is 2. The molecule has 112 valence electrons. The molecule has 21 heavy (non-hydrogen) atoms. The second-order valence-corrected chi connectivity index (χ2v) is 6.92. The van der Waals surface area contributed by atoms with Crippen LogP contribution in [0.3, 0.4) is 0 Å². The van der Waals surface area contributed by atoms with Crippen molar-refractivity contribution in [3.05, 3.63) is 46.0 Å². The summed E-state index contributed by atoms with van der Waals surface area (Å²) < 4.78 is 6.45. The van der Waals surface area contributed by atoms with E-state index in [1.165, 1.54) is 24.8 Å². The third-order valence-corrected chi connectivity index (χ3v) is 4.67. The first-order chi connectivity index (χ1) is 10.1. The minimum Gasteiger partial charge on any atom is -0.339 e. The fraction of sp³-hybridized carbons (Fsp3) is 0.500. The smallest absolute Gasteiger partial charge is 0.228 e. The van der Waals surface area contributed by atoms with Gasteiger partial charge in [0.25, 0.3) is 0 Å². The van der Waals surface area contributed by atoms with Crippen LogP contribution < -0.4 is 5.73 Å². The Hall–Kier alpha value is -1.20. The highest BCUT2D eigenvalue weighted by atomic mass is 79.9. The van der Waals surface area contributed by atoms with Crippen LogP contribution in [0.25, 0.3) is 0 Å². The van der Waals surface area contributed by atoms with E-state index in [2.05, 4.69) is 38.2 Å². The highest BCUT2D eigenvalue weighted by molar-refractivity contribution is 9.10.